The first-order valence-corrected chi connectivity index (χ1v) is 4.00. The van der Waals surface area contributed by atoms with Crippen LogP contribution in [-0.2, 0) is 18.9 Å². The second-order valence-corrected chi connectivity index (χ2v) is 2.33. The number of hydrogen-bond donors (Lipinski definition) is 0. The van der Waals surface area contributed by atoms with E-state index in [2.05, 4.69) is 4.74 Å². The average Bonchev–Trinajstić information content (AvgIpc) is 2.16. The first kappa shape index (κ1) is 10.0. The maximum Gasteiger partial charge on any atom is 0.515 e. The predicted molar refractivity (Wildman–Crippen MR) is 42.9 cm³/mol. The van der Waals surface area contributed by atoms with E-state index in [4.69, 9.17) is 14.2 Å². The lowest BCUT2D eigenvalue weighted by atomic mass is 10.6. The van der Waals surface area contributed by atoms with Crippen molar-refractivity contribution in [1.82, 2.24) is 0 Å². The van der Waals surface area contributed by atoms with Crippen LogP contribution in [-0.4, -0.2) is 32.3 Å². The monoisotopic (exact) mass is 188 g/mol. The van der Waals surface area contributed by atoms with Gasteiger partial charge in [0.2, 0.25) is 6.29 Å². The third-order valence-electron chi connectivity index (χ3n) is 1.31. The van der Waals surface area contributed by atoms with Crippen LogP contribution in [0, 0.1) is 0 Å². The van der Waals surface area contributed by atoms with Gasteiger partial charge >= 0.3 is 6.16 Å². The zero-order valence-corrected chi connectivity index (χ0v) is 7.39. The van der Waals surface area contributed by atoms with Crippen LogP contribution in [0.25, 0.3) is 0 Å². The average molecular weight is 188 g/mol. The molecule has 1 unspecified atom stereocenters. The molecule has 0 spiro atoms. The van der Waals surface area contributed by atoms with E-state index < -0.39 is 12.4 Å². The van der Waals surface area contributed by atoms with Crippen LogP contribution in [0.1, 0.15) is 6.92 Å². The Balaban J connectivity index is 2.18. The van der Waals surface area contributed by atoms with Gasteiger partial charge in [-0.3, -0.25) is 0 Å². The molecule has 0 bridgehead atoms. The molecule has 0 aromatic heterocycles. The van der Waals surface area contributed by atoms with Crippen molar-refractivity contribution in [1.29, 1.82) is 0 Å². The summed E-state index contributed by atoms with van der Waals surface area (Å²) in [6.07, 6.45) is 1.39. The molecule has 0 amide bonds. The van der Waals surface area contributed by atoms with Crippen molar-refractivity contribution in [2.45, 2.75) is 13.2 Å². The molecule has 0 N–H and O–H groups in total. The summed E-state index contributed by atoms with van der Waals surface area (Å²) in [5, 5.41) is 0. The number of carbonyl (C=O) groups is 1. The summed E-state index contributed by atoms with van der Waals surface area (Å²) >= 11 is 0. The first-order chi connectivity index (χ1) is 6.33. The minimum Gasteiger partial charge on any atom is -0.403 e. The molecule has 1 fully saturated rings. The molecule has 5 heteroatoms. The van der Waals surface area contributed by atoms with Crippen LogP contribution in [0.5, 0.6) is 0 Å². The van der Waals surface area contributed by atoms with E-state index in [0.717, 1.165) is 0 Å². The highest BCUT2D eigenvalue weighted by Crippen LogP contribution is 2.03. The Morgan fingerprint density at radius 2 is 2.38 bits per heavy atom. The van der Waals surface area contributed by atoms with Gasteiger partial charge in [0.1, 0.15) is 6.61 Å². The van der Waals surface area contributed by atoms with Crippen molar-refractivity contribution in [3.05, 3.63) is 12.3 Å². The molecule has 0 saturated carbocycles. The third kappa shape index (κ3) is 3.91. The van der Waals surface area contributed by atoms with Crippen LogP contribution >= 0.6 is 0 Å². The molecule has 0 aliphatic carbocycles. The van der Waals surface area contributed by atoms with Gasteiger partial charge < -0.3 is 18.9 Å². The fourth-order valence-electron chi connectivity index (χ4n) is 0.793. The Morgan fingerprint density at radius 1 is 1.54 bits per heavy atom. The second-order valence-electron chi connectivity index (χ2n) is 2.33. The Morgan fingerprint density at radius 3 is 3.00 bits per heavy atom. The van der Waals surface area contributed by atoms with Crippen molar-refractivity contribution in [3.63, 3.8) is 0 Å². The van der Waals surface area contributed by atoms with Crippen LogP contribution in [0.2, 0.25) is 0 Å². The van der Waals surface area contributed by atoms with E-state index in [-0.39, 0.29) is 6.61 Å². The first-order valence-electron chi connectivity index (χ1n) is 4.00. The smallest absolute Gasteiger partial charge is 0.403 e. The lowest BCUT2D eigenvalue weighted by Crippen LogP contribution is -2.32. The normalized spacial score (nSPS) is 23.0. The van der Waals surface area contributed by atoms with Gasteiger partial charge in [-0.25, -0.2) is 4.79 Å². The predicted octanol–water partition coefficient (Wildman–Crippen LogP) is 1.05. The zero-order valence-electron chi connectivity index (χ0n) is 7.39. The molecule has 13 heavy (non-hydrogen) atoms. The zero-order chi connectivity index (χ0) is 9.52. The summed E-state index contributed by atoms with van der Waals surface area (Å²) in [5.41, 5.74) is 0. The minimum atomic E-state index is -0.784. The number of hydrogen-bond acceptors (Lipinski definition) is 5. The van der Waals surface area contributed by atoms with Gasteiger partial charge in [-0.15, -0.1) is 0 Å². The highest BCUT2D eigenvalue weighted by atomic mass is 16.8. The summed E-state index contributed by atoms with van der Waals surface area (Å²) in [7, 11) is 0. The van der Waals surface area contributed by atoms with E-state index in [1.807, 2.05) is 0 Å². The maximum absolute atomic E-state index is 10.8. The quantitative estimate of drug-likeness (QED) is 0.478. The molecule has 5 nitrogen and oxygen atoms in total. The number of rotatable bonds is 2. The highest BCUT2D eigenvalue weighted by molar-refractivity contribution is 5.60. The minimum absolute atomic E-state index is 0.255. The topological polar surface area (TPSA) is 54.0 Å². The molecule has 74 valence electrons. The van der Waals surface area contributed by atoms with Crippen molar-refractivity contribution in [2.75, 3.05) is 19.8 Å². The molecule has 1 aliphatic heterocycles. The molecule has 0 aromatic rings. The molecular weight excluding hydrogens is 176 g/mol. The second kappa shape index (κ2) is 5.55. The Bertz CT molecular complexity index is 183. The van der Waals surface area contributed by atoms with E-state index >= 15 is 0 Å². The van der Waals surface area contributed by atoms with Gasteiger partial charge in [0, 0.05) is 0 Å². The van der Waals surface area contributed by atoms with Gasteiger partial charge in [0.25, 0.3) is 0 Å². The lowest BCUT2D eigenvalue weighted by Gasteiger charge is -2.21. The fourth-order valence-corrected chi connectivity index (χ4v) is 0.793. The van der Waals surface area contributed by atoms with Crippen molar-refractivity contribution in [2.24, 2.45) is 0 Å². The number of carbonyl (C=O) groups excluding carboxylic acids is 1. The van der Waals surface area contributed by atoms with E-state index in [9.17, 15) is 4.79 Å². The number of ether oxygens (including phenoxy) is 4. The Hall–Kier alpha value is -1.07. The van der Waals surface area contributed by atoms with Crippen LogP contribution in [0.4, 0.5) is 4.79 Å². The molecule has 1 aliphatic rings. The molecule has 0 aromatic carbocycles. The van der Waals surface area contributed by atoms with Crippen molar-refractivity contribution < 1.29 is 23.7 Å². The fraction of sp³-hybridized carbons (Fsp3) is 0.625. The van der Waals surface area contributed by atoms with E-state index in [0.29, 0.717) is 13.2 Å². The van der Waals surface area contributed by atoms with E-state index in [1.54, 1.807) is 13.0 Å². The van der Waals surface area contributed by atoms with Gasteiger partial charge in [-0.05, 0) is 6.92 Å². The highest BCUT2D eigenvalue weighted by Gasteiger charge is 2.18. The molecule has 1 rings (SSSR count). The summed E-state index contributed by atoms with van der Waals surface area (Å²) in [4.78, 5) is 10.8. The van der Waals surface area contributed by atoms with Gasteiger partial charge in [0.15, 0.2) is 0 Å². The van der Waals surface area contributed by atoms with E-state index in [1.165, 1.54) is 6.26 Å². The van der Waals surface area contributed by atoms with Gasteiger partial charge in [-0.1, -0.05) is 6.08 Å². The molecule has 1 heterocycles. The SMILES string of the molecule is CC=COC(=O)OC1COCCO1. The Kier molecular flexibility index (Phi) is 4.28. The standard InChI is InChI=1S/C8H12O5/c1-2-3-12-8(9)13-7-6-10-4-5-11-7/h2-3,7H,4-6H2,1H3. The molecule has 0 radical (unpaired) electrons. The summed E-state index contributed by atoms with van der Waals surface area (Å²) in [6.45, 7) is 2.95. The maximum atomic E-state index is 10.8. The summed E-state index contributed by atoms with van der Waals surface area (Å²) in [5.74, 6) is 0. The number of allylic oxidation sites excluding steroid dienone is 1. The van der Waals surface area contributed by atoms with Crippen molar-refractivity contribution >= 4 is 6.16 Å². The van der Waals surface area contributed by atoms with Crippen LogP contribution < -0.4 is 0 Å². The molecular formula is C8H12O5. The van der Waals surface area contributed by atoms with Gasteiger partial charge in [0.05, 0.1) is 19.5 Å². The largest absolute Gasteiger partial charge is 0.515 e. The van der Waals surface area contributed by atoms with Crippen LogP contribution in [0.15, 0.2) is 12.3 Å². The summed E-state index contributed by atoms with van der Waals surface area (Å²) in [6, 6.07) is 0. The van der Waals surface area contributed by atoms with Gasteiger partial charge in [-0.2, -0.15) is 0 Å². The third-order valence-corrected chi connectivity index (χ3v) is 1.31. The molecule has 1 saturated heterocycles. The van der Waals surface area contributed by atoms with Crippen LogP contribution in [0.3, 0.4) is 0 Å². The Labute approximate surface area is 76.2 Å². The lowest BCUT2D eigenvalue weighted by molar-refractivity contribution is -0.191. The van der Waals surface area contributed by atoms with Crippen molar-refractivity contribution in [3.8, 4) is 0 Å². The molecule has 1 atom stereocenters. The summed E-state index contributed by atoms with van der Waals surface area (Å²) < 4.78 is 19.3.